The molecule has 106 valence electrons. The van der Waals surface area contributed by atoms with Crippen molar-refractivity contribution in [3.05, 3.63) is 12.0 Å². The van der Waals surface area contributed by atoms with Crippen molar-refractivity contribution in [1.29, 1.82) is 0 Å². The molecule has 7 heteroatoms. The van der Waals surface area contributed by atoms with E-state index in [1.54, 1.807) is 17.9 Å². The van der Waals surface area contributed by atoms with Crippen LogP contribution in [0.3, 0.4) is 0 Å². The summed E-state index contributed by atoms with van der Waals surface area (Å²) >= 11 is 0. The summed E-state index contributed by atoms with van der Waals surface area (Å²) < 4.78 is 1.78. The lowest BCUT2D eigenvalue weighted by Crippen LogP contribution is -2.35. The molecule has 7 nitrogen and oxygen atoms in total. The predicted molar refractivity (Wildman–Crippen MR) is 75.5 cm³/mol. The van der Waals surface area contributed by atoms with Gasteiger partial charge in [0.1, 0.15) is 12.1 Å². The highest BCUT2D eigenvalue weighted by atomic mass is 16.1. The average Bonchev–Trinajstić information content (AvgIpc) is 2.95. The standard InChI is InChI=1S/C13H18N6O/c1-8-11-12(18(3)17-8)14-7-15-13(11)19-5-4-10(6-19)16-9(2)20/h7,10H,4-6H2,1-3H3,(H,16,20)/t10-/m1/s1. The van der Waals surface area contributed by atoms with Gasteiger partial charge in [-0.05, 0) is 13.3 Å². The van der Waals surface area contributed by atoms with Crippen LogP contribution in [0, 0.1) is 6.92 Å². The molecule has 1 saturated heterocycles. The minimum absolute atomic E-state index is 0.0160. The lowest BCUT2D eigenvalue weighted by atomic mass is 10.2. The average molecular weight is 274 g/mol. The number of hydrogen-bond acceptors (Lipinski definition) is 5. The largest absolute Gasteiger partial charge is 0.354 e. The van der Waals surface area contributed by atoms with Gasteiger partial charge in [-0.3, -0.25) is 9.48 Å². The molecule has 0 saturated carbocycles. The maximum atomic E-state index is 11.1. The zero-order chi connectivity index (χ0) is 14.3. The van der Waals surface area contributed by atoms with E-state index in [2.05, 4.69) is 25.3 Å². The maximum Gasteiger partial charge on any atom is 0.217 e. The zero-order valence-electron chi connectivity index (χ0n) is 11.9. The number of rotatable bonds is 2. The van der Waals surface area contributed by atoms with E-state index in [1.807, 2.05) is 14.0 Å². The summed E-state index contributed by atoms with van der Waals surface area (Å²) in [6.07, 6.45) is 2.51. The smallest absolute Gasteiger partial charge is 0.217 e. The number of anilines is 1. The van der Waals surface area contributed by atoms with Crippen molar-refractivity contribution < 1.29 is 4.79 Å². The summed E-state index contributed by atoms with van der Waals surface area (Å²) in [6.45, 7) is 5.18. The number of carbonyl (C=O) groups excluding carboxylic acids is 1. The van der Waals surface area contributed by atoms with Crippen LogP contribution in [0.1, 0.15) is 19.0 Å². The van der Waals surface area contributed by atoms with Crippen LogP contribution >= 0.6 is 0 Å². The Morgan fingerprint density at radius 2 is 2.25 bits per heavy atom. The molecule has 1 aliphatic rings. The highest BCUT2D eigenvalue weighted by molar-refractivity contribution is 5.89. The van der Waals surface area contributed by atoms with Crippen molar-refractivity contribution in [3.8, 4) is 0 Å². The summed E-state index contributed by atoms with van der Waals surface area (Å²) in [6, 6.07) is 0.189. The van der Waals surface area contributed by atoms with Crippen molar-refractivity contribution in [3.63, 3.8) is 0 Å². The molecule has 0 aromatic carbocycles. The lowest BCUT2D eigenvalue weighted by molar-refractivity contribution is -0.119. The molecule has 1 aliphatic heterocycles. The number of fused-ring (bicyclic) bond motifs is 1. The fourth-order valence-electron chi connectivity index (χ4n) is 2.86. The first-order chi connectivity index (χ1) is 9.56. The normalized spacial score (nSPS) is 18.8. The van der Waals surface area contributed by atoms with Gasteiger partial charge in [-0.15, -0.1) is 0 Å². The van der Waals surface area contributed by atoms with E-state index >= 15 is 0 Å². The molecule has 0 aliphatic carbocycles. The Morgan fingerprint density at radius 3 is 3.00 bits per heavy atom. The van der Waals surface area contributed by atoms with Gasteiger partial charge in [0.2, 0.25) is 5.91 Å². The third kappa shape index (κ3) is 2.09. The molecule has 0 unspecified atom stereocenters. The molecule has 0 spiro atoms. The molecular weight excluding hydrogens is 256 g/mol. The Labute approximate surface area is 117 Å². The molecular formula is C13H18N6O. The number of amides is 1. The minimum atomic E-state index is 0.0160. The summed E-state index contributed by atoms with van der Waals surface area (Å²) in [7, 11) is 1.89. The Hall–Kier alpha value is -2.18. The fraction of sp³-hybridized carbons (Fsp3) is 0.538. The van der Waals surface area contributed by atoms with Crippen LogP contribution in [0.4, 0.5) is 5.82 Å². The Kier molecular flexibility index (Phi) is 3.04. The van der Waals surface area contributed by atoms with Gasteiger partial charge in [-0.1, -0.05) is 0 Å². The summed E-state index contributed by atoms with van der Waals surface area (Å²) in [5.41, 5.74) is 1.77. The quantitative estimate of drug-likeness (QED) is 0.857. The predicted octanol–water partition coefficient (Wildman–Crippen LogP) is 0.387. The van der Waals surface area contributed by atoms with Crippen LogP contribution < -0.4 is 10.2 Å². The topological polar surface area (TPSA) is 75.9 Å². The molecule has 20 heavy (non-hydrogen) atoms. The molecule has 1 amide bonds. The number of aryl methyl sites for hydroxylation is 2. The lowest BCUT2D eigenvalue weighted by Gasteiger charge is -2.18. The number of aromatic nitrogens is 4. The van der Waals surface area contributed by atoms with Gasteiger partial charge in [-0.25, -0.2) is 9.97 Å². The first-order valence-corrected chi connectivity index (χ1v) is 6.72. The molecule has 1 N–H and O–H groups in total. The van der Waals surface area contributed by atoms with E-state index in [9.17, 15) is 4.79 Å². The molecule has 0 radical (unpaired) electrons. The number of nitrogens with zero attached hydrogens (tertiary/aromatic N) is 5. The van der Waals surface area contributed by atoms with E-state index in [-0.39, 0.29) is 11.9 Å². The van der Waals surface area contributed by atoms with Crippen molar-refractivity contribution in [2.75, 3.05) is 18.0 Å². The van der Waals surface area contributed by atoms with Gasteiger partial charge in [0.25, 0.3) is 0 Å². The van der Waals surface area contributed by atoms with E-state index in [0.717, 1.165) is 42.1 Å². The van der Waals surface area contributed by atoms with Gasteiger partial charge < -0.3 is 10.2 Å². The van der Waals surface area contributed by atoms with E-state index < -0.39 is 0 Å². The third-order valence-corrected chi connectivity index (χ3v) is 3.67. The van der Waals surface area contributed by atoms with Crippen molar-refractivity contribution >= 4 is 22.8 Å². The Morgan fingerprint density at radius 1 is 1.45 bits per heavy atom. The first-order valence-electron chi connectivity index (χ1n) is 6.72. The first kappa shape index (κ1) is 12.8. The fourth-order valence-corrected chi connectivity index (χ4v) is 2.86. The van der Waals surface area contributed by atoms with Gasteiger partial charge in [0.05, 0.1) is 11.1 Å². The van der Waals surface area contributed by atoms with Gasteiger partial charge >= 0.3 is 0 Å². The van der Waals surface area contributed by atoms with E-state index in [1.165, 1.54) is 0 Å². The van der Waals surface area contributed by atoms with E-state index in [0.29, 0.717) is 0 Å². The highest BCUT2D eigenvalue weighted by Crippen LogP contribution is 2.28. The summed E-state index contributed by atoms with van der Waals surface area (Å²) in [5, 5.41) is 8.37. The monoisotopic (exact) mass is 274 g/mol. The van der Waals surface area contributed by atoms with Gasteiger partial charge in [0, 0.05) is 33.1 Å². The van der Waals surface area contributed by atoms with E-state index in [4.69, 9.17) is 0 Å². The van der Waals surface area contributed by atoms with Crippen molar-refractivity contribution in [2.45, 2.75) is 26.3 Å². The zero-order valence-corrected chi connectivity index (χ0v) is 11.9. The summed E-state index contributed by atoms with van der Waals surface area (Å²) in [5.74, 6) is 0.927. The molecule has 0 bridgehead atoms. The Balaban J connectivity index is 1.94. The van der Waals surface area contributed by atoms with Crippen LogP contribution in [0.2, 0.25) is 0 Å². The Bertz CT molecular complexity index is 664. The highest BCUT2D eigenvalue weighted by Gasteiger charge is 2.26. The molecule has 1 atom stereocenters. The molecule has 2 aromatic rings. The number of carbonyl (C=O) groups is 1. The number of hydrogen-bond donors (Lipinski definition) is 1. The molecule has 1 fully saturated rings. The van der Waals surface area contributed by atoms with Gasteiger partial charge in [-0.2, -0.15) is 5.10 Å². The maximum absolute atomic E-state index is 11.1. The second kappa shape index (κ2) is 4.73. The van der Waals surface area contributed by atoms with Crippen molar-refractivity contribution in [1.82, 2.24) is 25.1 Å². The SMILES string of the molecule is CC(=O)N[C@@H]1CCN(c2ncnc3c2c(C)nn3C)C1. The van der Waals surface area contributed by atoms with Crippen LogP contribution in [-0.2, 0) is 11.8 Å². The van der Waals surface area contributed by atoms with Crippen LogP contribution in [-0.4, -0.2) is 44.8 Å². The van der Waals surface area contributed by atoms with Crippen LogP contribution in [0.25, 0.3) is 11.0 Å². The van der Waals surface area contributed by atoms with Crippen LogP contribution in [0.5, 0.6) is 0 Å². The molecule has 3 rings (SSSR count). The number of nitrogens with one attached hydrogen (secondary N) is 1. The third-order valence-electron chi connectivity index (χ3n) is 3.67. The summed E-state index contributed by atoms with van der Waals surface area (Å²) in [4.78, 5) is 22.1. The second-order valence-corrected chi connectivity index (χ2v) is 5.24. The van der Waals surface area contributed by atoms with Crippen LogP contribution in [0.15, 0.2) is 6.33 Å². The molecule has 2 aromatic heterocycles. The minimum Gasteiger partial charge on any atom is -0.354 e. The van der Waals surface area contributed by atoms with Crippen molar-refractivity contribution in [2.24, 2.45) is 7.05 Å². The van der Waals surface area contributed by atoms with Gasteiger partial charge in [0.15, 0.2) is 5.65 Å². The molecule has 3 heterocycles. The second-order valence-electron chi connectivity index (χ2n) is 5.24.